The highest BCUT2D eigenvalue weighted by molar-refractivity contribution is 5.79. The van der Waals surface area contributed by atoms with Gasteiger partial charge in [0.05, 0.1) is 25.3 Å². The Morgan fingerprint density at radius 1 is 1.25 bits per heavy atom. The quantitative estimate of drug-likeness (QED) is 0.432. The maximum absolute atomic E-state index is 13.4. The Morgan fingerprint density at radius 2 is 2.08 bits per heavy atom. The SMILES string of the molecule is CCCCN(CCCO)C(=O)CN1C[C@H](c2ccc3c(c2)CCO3)[C@@H](C(=O)O)[C@@H]1CCc1ncco1. The second-order valence-electron chi connectivity index (χ2n) is 9.71. The first-order chi connectivity index (χ1) is 17.5. The number of fused-ring (bicyclic) bond motifs is 1. The first-order valence-corrected chi connectivity index (χ1v) is 13.0. The highest BCUT2D eigenvalue weighted by Gasteiger charge is 2.47. The van der Waals surface area contributed by atoms with Gasteiger partial charge < -0.3 is 24.3 Å². The lowest BCUT2D eigenvalue weighted by molar-refractivity contribution is -0.144. The van der Waals surface area contributed by atoms with E-state index in [0.717, 1.165) is 36.1 Å². The lowest BCUT2D eigenvalue weighted by Crippen LogP contribution is -2.45. The number of aliphatic hydroxyl groups is 1. The Bertz CT molecular complexity index is 1000. The molecule has 4 rings (SSSR count). The van der Waals surface area contributed by atoms with Gasteiger partial charge in [-0.25, -0.2) is 4.98 Å². The first kappa shape index (κ1) is 26.2. The number of unbranched alkanes of at least 4 members (excludes halogenated alkanes) is 1. The molecule has 0 saturated carbocycles. The van der Waals surface area contributed by atoms with Crippen LogP contribution in [0.2, 0.25) is 0 Å². The number of aliphatic hydroxyl groups excluding tert-OH is 1. The average molecular weight is 500 g/mol. The topological polar surface area (TPSA) is 116 Å². The number of aromatic nitrogens is 1. The predicted octanol–water partition coefficient (Wildman–Crippen LogP) is 2.72. The predicted molar refractivity (Wildman–Crippen MR) is 133 cm³/mol. The van der Waals surface area contributed by atoms with Crippen LogP contribution in [0.1, 0.15) is 55.5 Å². The molecule has 2 aromatic rings. The maximum atomic E-state index is 13.4. The van der Waals surface area contributed by atoms with Gasteiger partial charge in [0.1, 0.15) is 12.0 Å². The number of hydrogen-bond acceptors (Lipinski definition) is 7. The maximum Gasteiger partial charge on any atom is 0.308 e. The molecule has 1 aromatic carbocycles. The lowest BCUT2D eigenvalue weighted by Gasteiger charge is -2.29. The van der Waals surface area contributed by atoms with Crippen molar-refractivity contribution in [2.45, 2.75) is 57.4 Å². The van der Waals surface area contributed by atoms with E-state index in [4.69, 9.17) is 9.15 Å². The van der Waals surface area contributed by atoms with Crippen LogP contribution in [0.5, 0.6) is 5.75 Å². The van der Waals surface area contributed by atoms with Crippen LogP contribution < -0.4 is 4.74 Å². The van der Waals surface area contributed by atoms with Gasteiger partial charge in [0.25, 0.3) is 0 Å². The van der Waals surface area contributed by atoms with Crippen LogP contribution in [0.15, 0.2) is 35.1 Å². The Morgan fingerprint density at radius 3 is 2.81 bits per heavy atom. The molecule has 0 radical (unpaired) electrons. The fourth-order valence-corrected chi connectivity index (χ4v) is 5.52. The molecule has 1 aromatic heterocycles. The molecule has 9 heteroatoms. The summed E-state index contributed by atoms with van der Waals surface area (Å²) in [6.45, 7) is 4.54. The van der Waals surface area contributed by atoms with Gasteiger partial charge in [0, 0.05) is 51.0 Å². The third kappa shape index (κ3) is 6.07. The minimum Gasteiger partial charge on any atom is -0.493 e. The Hall–Kier alpha value is -2.91. The Balaban J connectivity index is 1.58. The minimum absolute atomic E-state index is 0.0230. The van der Waals surface area contributed by atoms with Crippen LogP contribution in [-0.2, 0) is 22.4 Å². The van der Waals surface area contributed by atoms with Crippen LogP contribution in [0.25, 0.3) is 0 Å². The van der Waals surface area contributed by atoms with E-state index in [1.165, 1.54) is 6.26 Å². The van der Waals surface area contributed by atoms with Gasteiger partial charge in [-0.05, 0) is 36.5 Å². The third-order valence-electron chi connectivity index (χ3n) is 7.37. The molecular formula is C27H37N3O6. The number of carbonyl (C=O) groups excluding carboxylic acids is 1. The van der Waals surface area contributed by atoms with E-state index in [1.807, 2.05) is 17.0 Å². The van der Waals surface area contributed by atoms with Crippen LogP contribution >= 0.6 is 0 Å². The van der Waals surface area contributed by atoms with E-state index in [9.17, 15) is 19.8 Å². The molecule has 1 fully saturated rings. The number of ether oxygens (including phenoxy) is 1. The first-order valence-electron chi connectivity index (χ1n) is 13.0. The van der Waals surface area contributed by atoms with Gasteiger partial charge >= 0.3 is 5.97 Å². The number of amides is 1. The number of aryl methyl sites for hydroxylation is 1. The molecule has 36 heavy (non-hydrogen) atoms. The van der Waals surface area contributed by atoms with Crippen molar-refractivity contribution in [3.05, 3.63) is 47.7 Å². The molecule has 196 valence electrons. The highest BCUT2D eigenvalue weighted by atomic mass is 16.5. The van der Waals surface area contributed by atoms with E-state index in [-0.39, 0.29) is 31.0 Å². The van der Waals surface area contributed by atoms with E-state index in [0.29, 0.717) is 51.4 Å². The smallest absolute Gasteiger partial charge is 0.308 e. The van der Waals surface area contributed by atoms with Crippen molar-refractivity contribution in [3.63, 3.8) is 0 Å². The van der Waals surface area contributed by atoms with Crippen molar-refractivity contribution in [1.82, 2.24) is 14.8 Å². The molecule has 1 amide bonds. The fourth-order valence-electron chi connectivity index (χ4n) is 5.52. The zero-order valence-corrected chi connectivity index (χ0v) is 21.0. The monoisotopic (exact) mass is 499 g/mol. The van der Waals surface area contributed by atoms with Crippen LogP contribution in [0.3, 0.4) is 0 Å². The summed E-state index contributed by atoms with van der Waals surface area (Å²) < 4.78 is 11.0. The Labute approximate surface area is 212 Å². The van der Waals surface area contributed by atoms with E-state index < -0.39 is 11.9 Å². The summed E-state index contributed by atoms with van der Waals surface area (Å²) in [6, 6.07) is 5.65. The average Bonchev–Trinajstić information content (AvgIpc) is 3.62. The summed E-state index contributed by atoms with van der Waals surface area (Å²) in [7, 11) is 0. The molecule has 3 heterocycles. The number of oxazole rings is 1. The minimum atomic E-state index is -0.854. The van der Waals surface area contributed by atoms with Crippen molar-refractivity contribution >= 4 is 11.9 Å². The van der Waals surface area contributed by atoms with Crippen molar-refractivity contribution in [3.8, 4) is 5.75 Å². The van der Waals surface area contributed by atoms with E-state index in [2.05, 4.69) is 18.0 Å². The van der Waals surface area contributed by atoms with Crippen molar-refractivity contribution < 1.29 is 29.0 Å². The van der Waals surface area contributed by atoms with Gasteiger partial charge in [-0.3, -0.25) is 14.5 Å². The van der Waals surface area contributed by atoms with Crippen molar-refractivity contribution in [1.29, 1.82) is 0 Å². The van der Waals surface area contributed by atoms with Crippen LogP contribution in [-0.4, -0.2) is 82.3 Å². The second-order valence-corrected chi connectivity index (χ2v) is 9.71. The number of rotatable bonds is 13. The summed E-state index contributed by atoms with van der Waals surface area (Å²) in [5.74, 6) is -0.341. The van der Waals surface area contributed by atoms with Gasteiger partial charge in [0.2, 0.25) is 5.91 Å². The molecule has 0 unspecified atom stereocenters. The van der Waals surface area contributed by atoms with Crippen molar-refractivity contribution in [2.75, 3.05) is 39.4 Å². The molecule has 2 aliphatic rings. The molecule has 1 saturated heterocycles. The zero-order valence-electron chi connectivity index (χ0n) is 21.0. The standard InChI is InChI=1S/C27H37N3O6/c1-2-3-11-29(12-4-13-31)25(32)18-30-17-21(19-5-7-23-20(16-19)9-14-35-23)26(27(33)34)22(30)6-8-24-28-10-15-36-24/h5,7,10,15-16,21-22,26,31H,2-4,6,8-9,11-14,17-18H2,1H3,(H,33,34)/t21-,22+,26-/m1/s1. The summed E-state index contributed by atoms with van der Waals surface area (Å²) in [5.41, 5.74) is 2.09. The van der Waals surface area contributed by atoms with E-state index in [1.54, 1.807) is 11.1 Å². The summed E-state index contributed by atoms with van der Waals surface area (Å²) in [6.07, 6.45) is 7.34. The van der Waals surface area contributed by atoms with Crippen molar-refractivity contribution in [2.24, 2.45) is 5.92 Å². The third-order valence-corrected chi connectivity index (χ3v) is 7.37. The highest BCUT2D eigenvalue weighted by Crippen LogP contribution is 2.41. The number of carboxylic acids is 1. The summed E-state index contributed by atoms with van der Waals surface area (Å²) >= 11 is 0. The molecular weight excluding hydrogens is 462 g/mol. The van der Waals surface area contributed by atoms with Gasteiger partial charge in [-0.2, -0.15) is 0 Å². The summed E-state index contributed by atoms with van der Waals surface area (Å²) in [5, 5.41) is 19.6. The molecule has 3 atom stereocenters. The Kier molecular flexibility index (Phi) is 8.98. The lowest BCUT2D eigenvalue weighted by atomic mass is 9.83. The fraction of sp³-hybridized carbons (Fsp3) is 0.593. The van der Waals surface area contributed by atoms with Crippen LogP contribution in [0.4, 0.5) is 0 Å². The normalized spacial score (nSPS) is 21.3. The van der Waals surface area contributed by atoms with Crippen LogP contribution in [0, 0.1) is 5.92 Å². The number of carbonyl (C=O) groups is 2. The molecule has 2 aliphatic heterocycles. The number of nitrogens with zero attached hydrogens (tertiary/aromatic N) is 3. The van der Waals surface area contributed by atoms with E-state index >= 15 is 0 Å². The molecule has 0 aliphatic carbocycles. The zero-order chi connectivity index (χ0) is 25.5. The molecule has 2 N–H and O–H groups in total. The molecule has 9 nitrogen and oxygen atoms in total. The number of aliphatic carboxylic acids is 1. The van der Waals surface area contributed by atoms with Gasteiger partial charge in [-0.1, -0.05) is 25.5 Å². The second kappa shape index (κ2) is 12.4. The number of likely N-dealkylation sites (tertiary alicyclic amines) is 1. The number of hydrogen-bond donors (Lipinski definition) is 2. The van der Waals surface area contributed by atoms with Gasteiger partial charge in [-0.15, -0.1) is 0 Å². The summed E-state index contributed by atoms with van der Waals surface area (Å²) in [4.78, 5) is 34.0. The molecule has 0 bridgehead atoms. The largest absolute Gasteiger partial charge is 0.493 e. The molecule has 0 spiro atoms. The van der Waals surface area contributed by atoms with Gasteiger partial charge in [0.15, 0.2) is 5.89 Å². The number of benzene rings is 1. The number of carboxylic acid groups (broad SMARTS) is 1.